The van der Waals surface area contributed by atoms with Crippen molar-refractivity contribution in [3.05, 3.63) is 58.0 Å². The zero-order chi connectivity index (χ0) is 12.3. The third kappa shape index (κ3) is 3.25. The van der Waals surface area contributed by atoms with Crippen molar-refractivity contribution in [2.24, 2.45) is 0 Å². The molecule has 0 aliphatic rings. The van der Waals surface area contributed by atoms with Crippen molar-refractivity contribution in [2.45, 2.75) is 6.54 Å². The molecule has 0 N–H and O–H groups in total. The van der Waals surface area contributed by atoms with Crippen LogP contribution >= 0.6 is 23.2 Å². The van der Waals surface area contributed by atoms with Crippen LogP contribution in [0.3, 0.4) is 0 Å². The molecule has 1 aromatic carbocycles. The minimum Gasteiger partial charge on any atom is -0.467 e. The number of hydrogen-bond acceptors (Lipinski definition) is 2. The Morgan fingerprint density at radius 1 is 1.24 bits per heavy atom. The maximum absolute atomic E-state index is 11.7. The number of hydrogen-bond donors (Lipinski definition) is 0. The SMILES string of the molecule is O=C([N]Cc1ccco1)c1cc(Cl)cc(Cl)c1. The molecule has 1 aromatic heterocycles. The Kier molecular flexibility index (Phi) is 3.71. The number of benzene rings is 1. The summed E-state index contributed by atoms with van der Waals surface area (Å²) < 4.78 is 5.07. The summed E-state index contributed by atoms with van der Waals surface area (Å²) >= 11 is 11.6. The lowest BCUT2D eigenvalue weighted by Crippen LogP contribution is -2.15. The van der Waals surface area contributed by atoms with Crippen LogP contribution in [0.15, 0.2) is 41.0 Å². The highest BCUT2D eigenvalue weighted by molar-refractivity contribution is 6.35. The van der Waals surface area contributed by atoms with Gasteiger partial charge in [0.1, 0.15) is 12.3 Å². The maximum Gasteiger partial charge on any atom is 0.273 e. The van der Waals surface area contributed by atoms with Gasteiger partial charge in [-0.1, -0.05) is 23.2 Å². The van der Waals surface area contributed by atoms with E-state index in [2.05, 4.69) is 5.32 Å². The maximum atomic E-state index is 11.7. The minimum atomic E-state index is -0.370. The van der Waals surface area contributed by atoms with Gasteiger partial charge >= 0.3 is 0 Å². The van der Waals surface area contributed by atoms with Crippen molar-refractivity contribution in [1.29, 1.82) is 0 Å². The van der Waals surface area contributed by atoms with E-state index in [0.717, 1.165) is 0 Å². The van der Waals surface area contributed by atoms with Gasteiger partial charge in [0.25, 0.3) is 5.91 Å². The predicted octanol–water partition coefficient (Wildman–Crippen LogP) is 3.53. The van der Waals surface area contributed by atoms with Crippen molar-refractivity contribution in [3.8, 4) is 0 Å². The van der Waals surface area contributed by atoms with Gasteiger partial charge in [0.15, 0.2) is 0 Å². The molecule has 0 aliphatic carbocycles. The highest BCUT2D eigenvalue weighted by Gasteiger charge is 2.09. The van der Waals surface area contributed by atoms with Crippen molar-refractivity contribution in [3.63, 3.8) is 0 Å². The van der Waals surface area contributed by atoms with E-state index < -0.39 is 0 Å². The average Bonchev–Trinajstić information content (AvgIpc) is 2.77. The fourth-order valence-corrected chi connectivity index (χ4v) is 1.85. The van der Waals surface area contributed by atoms with E-state index in [1.807, 2.05) is 0 Å². The van der Waals surface area contributed by atoms with Crippen LogP contribution in [0.5, 0.6) is 0 Å². The topological polar surface area (TPSA) is 44.3 Å². The van der Waals surface area contributed by atoms with Crippen LogP contribution in [0.25, 0.3) is 0 Å². The Hall–Kier alpha value is -1.45. The average molecular weight is 269 g/mol. The zero-order valence-corrected chi connectivity index (χ0v) is 10.2. The molecule has 0 unspecified atom stereocenters. The molecule has 5 heteroatoms. The first-order chi connectivity index (χ1) is 8.15. The number of carbonyl (C=O) groups excluding carboxylic acids is 1. The summed E-state index contributed by atoms with van der Waals surface area (Å²) in [6.45, 7) is 0.204. The molecule has 0 saturated carbocycles. The lowest BCUT2D eigenvalue weighted by atomic mass is 10.2. The zero-order valence-electron chi connectivity index (χ0n) is 8.69. The lowest BCUT2D eigenvalue weighted by Gasteiger charge is -2.02. The van der Waals surface area contributed by atoms with Crippen LogP contribution in [0, 0.1) is 0 Å². The summed E-state index contributed by atoms with van der Waals surface area (Å²) in [5.74, 6) is 0.261. The molecule has 2 rings (SSSR count). The molecule has 0 spiro atoms. The number of rotatable bonds is 3. The van der Waals surface area contributed by atoms with Gasteiger partial charge in [0.05, 0.1) is 6.26 Å². The molecule has 87 valence electrons. The second kappa shape index (κ2) is 5.25. The van der Waals surface area contributed by atoms with Gasteiger partial charge in [0, 0.05) is 15.6 Å². The monoisotopic (exact) mass is 268 g/mol. The summed E-state index contributed by atoms with van der Waals surface area (Å²) in [6, 6.07) is 8.11. The summed E-state index contributed by atoms with van der Waals surface area (Å²) in [5, 5.41) is 4.69. The number of nitrogens with zero attached hydrogens (tertiary/aromatic N) is 1. The van der Waals surface area contributed by atoms with Crippen molar-refractivity contribution in [2.75, 3.05) is 0 Å². The van der Waals surface area contributed by atoms with E-state index in [1.54, 1.807) is 18.2 Å². The summed E-state index contributed by atoms with van der Waals surface area (Å²) in [4.78, 5) is 11.7. The molecule has 0 fully saturated rings. The standard InChI is InChI=1S/C12H8Cl2NO2/c13-9-4-8(5-10(14)6-9)12(16)15-7-11-2-1-3-17-11/h1-6H,7H2. The van der Waals surface area contributed by atoms with Gasteiger partial charge < -0.3 is 4.42 Å². The van der Waals surface area contributed by atoms with Gasteiger partial charge in [-0.2, -0.15) is 0 Å². The fraction of sp³-hybridized carbons (Fsp3) is 0.0833. The van der Waals surface area contributed by atoms with Crippen LogP contribution in [0.2, 0.25) is 10.0 Å². The van der Waals surface area contributed by atoms with E-state index in [1.165, 1.54) is 18.4 Å². The summed E-state index contributed by atoms with van der Waals surface area (Å²) in [6.07, 6.45) is 1.53. The molecule has 0 atom stereocenters. The smallest absolute Gasteiger partial charge is 0.273 e. The number of carbonyl (C=O) groups is 1. The molecule has 2 aromatic rings. The highest BCUT2D eigenvalue weighted by atomic mass is 35.5. The second-order valence-corrected chi connectivity index (χ2v) is 4.23. The van der Waals surface area contributed by atoms with Crippen molar-refractivity contribution < 1.29 is 9.21 Å². The fourth-order valence-electron chi connectivity index (χ4n) is 1.32. The minimum absolute atomic E-state index is 0.204. The van der Waals surface area contributed by atoms with Gasteiger partial charge in [-0.3, -0.25) is 4.79 Å². The Morgan fingerprint density at radius 3 is 2.53 bits per heavy atom. The Balaban J connectivity index is 2.04. The van der Waals surface area contributed by atoms with E-state index in [0.29, 0.717) is 21.4 Å². The molecular weight excluding hydrogens is 261 g/mol. The van der Waals surface area contributed by atoms with Crippen LogP contribution in [-0.2, 0) is 6.54 Å². The first-order valence-electron chi connectivity index (χ1n) is 4.85. The molecule has 17 heavy (non-hydrogen) atoms. The molecule has 1 heterocycles. The first kappa shape index (κ1) is 12.0. The van der Waals surface area contributed by atoms with Crippen molar-refractivity contribution in [1.82, 2.24) is 5.32 Å². The number of furan rings is 1. The van der Waals surface area contributed by atoms with Crippen LogP contribution in [0.1, 0.15) is 16.1 Å². The molecule has 3 nitrogen and oxygen atoms in total. The normalized spacial score (nSPS) is 10.2. The Bertz CT molecular complexity index is 503. The third-order valence-electron chi connectivity index (χ3n) is 2.07. The highest BCUT2D eigenvalue weighted by Crippen LogP contribution is 2.19. The quantitative estimate of drug-likeness (QED) is 0.855. The van der Waals surface area contributed by atoms with Crippen LogP contribution in [0.4, 0.5) is 0 Å². The summed E-state index contributed by atoms with van der Waals surface area (Å²) in [7, 11) is 0. The van der Waals surface area contributed by atoms with Crippen LogP contribution < -0.4 is 5.32 Å². The Labute approximate surface area is 108 Å². The molecule has 0 aliphatic heterocycles. The van der Waals surface area contributed by atoms with E-state index in [-0.39, 0.29) is 12.5 Å². The van der Waals surface area contributed by atoms with Gasteiger partial charge in [-0.05, 0) is 30.3 Å². The third-order valence-corrected chi connectivity index (χ3v) is 2.50. The first-order valence-corrected chi connectivity index (χ1v) is 5.61. The van der Waals surface area contributed by atoms with Gasteiger partial charge in [-0.25, -0.2) is 5.32 Å². The van der Waals surface area contributed by atoms with E-state index in [4.69, 9.17) is 27.6 Å². The number of amides is 1. The predicted molar refractivity (Wildman–Crippen MR) is 65.3 cm³/mol. The lowest BCUT2D eigenvalue weighted by molar-refractivity contribution is 0.0943. The Morgan fingerprint density at radius 2 is 1.94 bits per heavy atom. The number of halogens is 2. The molecule has 0 bridgehead atoms. The molecular formula is C12H8Cl2NO2. The van der Waals surface area contributed by atoms with E-state index in [9.17, 15) is 4.79 Å². The molecule has 1 amide bonds. The second-order valence-electron chi connectivity index (χ2n) is 3.36. The van der Waals surface area contributed by atoms with Crippen LogP contribution in [-0.4, -0.2) is 5.91 Å². The molecule has 1 radical (unpaired) electrons. The summed E-state index contributed by atoms with van der Waals surface area (Å²) in [5.41, 5.74) is 0.369. The largest absolute Gasteiger partial charge is 0.467 e. The van der Waals surface area contributed by atoms with Gasteiger partial charge in [-0.15, -0.1) is 0 Å². The molecule has 0 saturated heterocycles. The van der Waals surface area contributed by atoms with Gasteiger partial charge in [0.2, 0.25) is 0 Å². The van der Waals surface area contributed by atoms with E-state index >= 15 is 0 Å². The van der Waals surface area contributed by atoms with Crippen molar-refractivity contribution >= 4 is 29.1 Å².